The third kappa shape index (κ3) is 4.66. The highest BCUT2D eigenvalue weighted by molar-refractivity contribution is 7.42. The molecule has 110 valence electrons. The molecule has 0 saturated carbocycles. The molecule has 5 nitrogen and oxygen atoms in total. The van der Waals surface area contributed by atoms with Crippen molar-refractivity contribution >= 4 is 8.53 Å². The average molecular weight is 288 g/mol. The van der Waals surface area contributed by atoms with E-state index in [-0.39, 0.29) is 11.6 Å². The van der Waals surface area contributed by atoms with Gasteiger partial charge in [0.1, 0.15) is 0 Å². The highest BCUT2D eigenvalue weighted by Crippen LogP contribution is 2.45. The molecule has 2 unspecified atom stereocenters. The van der Waals surface area contributed by atoms with E-state index in [1.807, 2.05) is 20.8 Å². The molecule has 2 atom stereocenters. The molecule has 1 aliphatic heterocycles. The third-order valence-electron chi connectivity index (χ3n) is 3.76. The zero-order chi connectivity index (χ0) is 14.5. The number of nitriles is 1. The molecule has 0 aliphatic carbocycles. The van der Waals surface area contributed by atoms with E-state index >= 15 is 0 Å². The molecule has 2 N–H and O–H groups in total. The van der Waals surface area contributed by atoms with Crippen LogP contribution in [0.4, 0.5) is 0 Å². The van der Waals surface area contributed by atoms with Gasteiger partial charge < -0.3 is 14.5 Å². The Balaban J connectivity index is 2.85. The van der Waals surface area contributed by atoms with Gasteiger partial charge in [-0.05, 0) is 46.0 Å². The standard InChI is InChI=1S/C13H25N2O3P/c1-11(2)15(19(16)17)13(3,6-4-7-14)9-12-5-8-18-10-12/h11-12,16-17H,4-6,8-10H2,1-3H3. The van der Waals surface area contributed by atoms with Crippen LogP contribution in [0.15, 0.2) is 0 Å². The summed E-state index contributed by atoms with van der Waals surface area (Å²) in [6.45, 7) is 7.47. The fourth-order valence-electron chi connectivity index (χ4n) is 3.05. The molecule has 0 aromatic heterocycles. The highest BCUT2D eigenvalue weighted by Gasteiger charge is 2.40. The topological polar surface area (TPSA) is 76.7 Å². The maximum Gasteiger partial charge on any atom is 0.253 e. The molecule has 0 amide bonds. The van der Waals surface area contributed by atoms with Crippen LogP contribution in [0.2, 0.25) is 0 Å². The molecular formula is C13H25N2O3P. The largest absolute Gasteiger partial charge is 0.381 e. The van der Waals surface area contributed by atoms with Crippen LogP contribution in [0.5, 0.6) is 0 Å². The van der Waals surface area contributed by atoms with Gasteiger partial charge in [0.25, 0.3) is 8.53 Å². The van der Waals surface area contributed by atoms with Gasteiger partial charge in [0.05, 0.1) is 6.07 Å². The van der Waals surface area contributed by atoms with Crippen molar-refractivity contribution in [1.29, 1.82) is 5.26 Å². The first-order chi connectivity index (χ1) is 8.90. The van der Waals surface area contributed by atoms with Gasteiger partial charge in [0.2, 0.25) is 0 Å². The van der Waals surface area contributed by atoms with Crippen LogP contribution in [0.3, 0.4) is 0 Å². The summed E-state index contributed by atoms with van der Waals surface area (Å²) in [5.41, 5.74) is -0.364. The van der Waals surface area contributed by atoms with Crippen LogP contribution >= 0.6 is 8.53 Å². The van der Waals surface area contributed by atoms with Crippen LogP contribution in [0.1, 0.15) is 46.5 Å². The Morgan fingerprint density at radius 2 is 2.21 bits per heavy atom. The van der Waals surface area contributed by atoms with Crippen molar-refractivity contribution in [3.05, 3.63) is 0 Å². The van der Waals surface area contributed by atoms with Crippen LogP contribution < -0.4 is 0 Å². The minimum Gasteiger partial charge on any atom is -0.381 e. The van der Waals surface area contributed by atoms with E-state index in [4.69, 9.17) is 10.00 Å². The Morgan fingerprint density at radius 1 is 1.53 bits per heavy atom. The maximum absolute atomic E-state index is 9.72. The molecule has 1 rings (SSSR count). The molecule has 0 aromatic carbocycles. The Bertz CT molecular complexity index is 306. The Labute approximate surface area is 117 Å². The van der Waals surface area contributed by atoms with E-state index in [0.29, 0.717) is 18.8 Å². The van der Waals surface area contributed by atoms with E-state index in [0.717, 1.165) is 26.1 Å². The second-order valence-electron chi connectivity index (χ2n) is 5.80. The smallest absolute Gasteiger partial charge is 0.253 e. The molecule has 6 heteroatoms. The number of rotatable bonds is 7. The summed E-state index contributed by atoms with van der Waals surface area (Å²) in [5.74, 6) is 0.444. The minimum absolute atomic E-state index is 0.0344. The SMILES string of the molecule is CC(C)N(P(O)O)C(C)(CCC#N)CC1CCOC1. The molecule has 19 heavy (non-hydrogen) atoms. The Hall–Kier alpha value is -0.240. The van der Waals surface area contributed by atoms with Gasteiger partial charge in [-0.3, -0.25) is 0 Å². The third-order valence-corrected chi connectivity index (χ3v) is 5.09. The van der Waals surface area contributed by atoms with Gasteiger partial charge in [-0.25, -0.2) is 4.67 Å². The number of hydrogen-bond acceptors (Lipinski definition) is 5. The number of ether oxygens (including phenoxy) is 1. The van der Waals surface area contributed by atoms with Crippen molar-refractivity contribution in [2.24, 2.45) is 5.92 Å². The number of hydrogen-bond donors (Lipinski definition) is 2. The fraction of sp³-hybridized carbons (Fsp3) is 0.923. The average Bonchev–Trinajstić information content (AvgIpc) is 2.77. The Morgan fingerprint density at radius 3 is 2.63 bits per heavy atom. The summed E-state index contributed by atoms with van der Waals surface area (Å²) < 4.78 is 7.17. The van der Waals surface area contributed by atoms with E-state index in [2.05, 4.69) is 6.07 Å². The van der Waals surface area contributed by atoms with Crippen molar-refractivity contribution in [2.45, 2.75) is 58.0 Å². The fourth-order valence-corrected chi connectivity index (χ4v) is 4.07. The summed E-state index contributed by atoms with van der Waals surface area (Å²) in [6, 6.07) is 2.20. The van der Waals surface area contributed by atoms with Crippen molar-refractivity contribution < 1.29 is 14.5 Å². The lowest BCUT2D eigenvalue weighted by molar-refractivity contribution is 0.102. The lowest BCUT2D eigenvalue weighted by Gasteiger charge is -2.44. The van der Waals surface area contributed by atoms with Crippen LogP contribution in [0.25, 0.3) is 0 Å². The van der Waals surface area contributed by atoms with Gasteiger partial charge in [-0.1, -0.05) is 0 Å². The monoisotopic (exact) mass is 288 g/mol. The van der Waals surface area contributed by atoms with Crippen molar-refractivity contribution in [2.75, 3.05) is 13.2 Å². The Kier molecular flexibility index (Phi) is 6.65. The van der Waals surface area contributed by atoms with Crippen LogP contribution in [0, 0.1) is 17.2 Å². The summed E-state index contributed by atoms with van der Waals surface area (Å²) in [6.07, 6.45) is 2.93. The van der Waals surface area contributed by atoms with Crippen molar-refractivity contribution in [3.8, 4) is 6.07 Å². The van der Waals surface area contributed by atoms with Gasteiger partial charge >= 0.3 is 0 Å². The molecular weight excluding hydrogens is 263 g/mol. The molecule has 0 bridgehead atoms. The van der Waals surface area contributed by atoms with Crippen LogP contribution in [-0.4, -0.2) is 39.3 Å². The second kappa shape index (κ2) is 7.52. The van der Waals surface area contributed by atoms with E-state index in [1.54, 1.807) is 4.67 Å². The first-order valence-electron chi connectivity index (χ1n) is 6.82. The minimum atomic E-state index is -2.14. The van der Waals surface area contributed by atoms with Crippen LogP contribution in [-0.2, 0) is 4.74 Å². The molecule has 1 fully saturated rings. The summed E-state index contributed by atoms with van der Waals surface area (Å²) in [4.78, 5) is 19.4. The van der Waals surface area contributed by atoms with Gasteiger partial charge in [-0.15, -0.1) is 0 Å². The van der Waals surface area contributed by atoms with E-state index in [9.17, 15) is 9.79 Å². The molecule has 0 aromatic rings. The molecule has 1 aliphatic rings. The van der Waals surface area contributed by atoms with Gasteiger partial charge in [-0.2, -0.15) is 5.26 Å². The highest BCUT2D eigenvalue weighted by atomic mass is 31.2. The summed E-state index contributed by atoms with van der Waals surface area (Å²) in [5, 5.41) is 8.84. The quantitative estimate of drug-likeness (QED) is 0.703. The van der Waals surface area contributed by atoms with E-state index < -0.39 is 8.53 Å². The second-order valence-corrected chi connectivity index (χ2v) is 6.76. The predicted molar refractivity (Wildman–Crippen MR) is 75.1 cm³/mol. The first kappa shape index (κ1) is 16.8. The molecule has 1 heterocycles. The zero-order valence-electron chi connectivity index (χ0n) is 12.0. The zero-order valence-corrected chi connectivity index (χ0v) is 12.9. The summed E-state index contributed by atoms with van der Waals surface area (Å²) in [7, 11) is -2.14. The lowest BCUT2D eigenvalue weighted by Crippen LogP contribution is -2.48. The maximum atomic E-state index is 9.72. The predicted octanol–water partition coefficient (Wildman–Crippen LogP) is 2.40. The van der Waals surface area contributed by atoms with Crippen molar-refractivity contribution in [1.82, 2.24) is 4.67 Å². The first-order valence-corrected chi connectivity index (χ1v) is 8.02. The molecule has 0 spiro atoms. The normalized spacial score (nSPS) is 23.0. The van der Waals surface area contributed by atoms with Gasteiger partial charge in [0.15, 0.2) is 0 Å². The lowest BCUT2D eigenvalue weighted by atomic mass is 9.84. The summed E-state index contributed by atoms with van der Waals surface area (Å²) >= 11 is 0. The van der Waals surface area contributed by atoms with E-state index in [1.165, 1.54) is 0 Å². The number of nitrogens with zero attached hydrogens (tertiary/aromatic N) is 2. The molecule has 0 radical (unpaired) electrons. The van der Waals surface area contributed by atoms with Crippen molar-refractivity contribution in [3.63, 3.8) is 0 Å². The molecule has 1 saturated heterocycles. The van der Waals surface area contributed by atoms with Gasteiger partial charge in [0, 0.05) is 31.2 Å².